The Labute approximate surface area is 155 Å². The third-order valence-electron chi connectivity index (χ3n) is 4.82. The lowest BCUT2D eigenvalue weighted by atomic mass is 9.94. The summed E-state index contributed by atoms with van der Waals surface area (Å²) in [5.74, 6) is 2.39. The SMILES string of the molecule is COc1ccc2ccc3c(OC)ccc(CC[N+](C)(C)C)c3c2c1OC. The van der Waals surface area contributed by atoms with Crippen LogP contribution in [0.25, 0.3) is 21.5 Å². The van der Waals surface area contributed by atoms with Crippen molar-refractivity contribution in [1.29, 1.82) is 0 Å². The highest BCUT2D eigenvalue weighted by atomic mass is 16.5. The van der Waals surface area contributed by atoms with Crippen molar-refractivity contribution < 1.29 is 18.7 Å². The molecule has 0 aliphatic heterocycles. The third kappa shape index (κ3) is 3.29. The smallest absolute Gasteiger partial charge is 0.169 e. The van der Waals surface area contributed by atoms with E-state index in [1.165, 1.54) is 10.9 Å². The van der Waals surface area contributed by atoms with E-state index in [4.69, 9.17) is 14.2 Å². The Morgan fingerprint density at radius 2 is 1.38 bits per heavy atom. The van der Waals surface area contributed by atoms with Crippen LogP contribution >= 0.6 is 0 Å². The summed E-state index contributed by atoms with van der Waals surface area (Å²) in [4.78, 5) is 0. The van der Waals surface area contributed by atoms with Gasteiger partial charge in [-0.1, -0.05) is 24.3 Å². The van der Waals surface area contributed by atoms with Crippen LogP contribution in [0.4, 0.5) is 0 Å². The molecule has 0 aromatic heterocycles. The van der Waals surface area contributed by atoms with Gasteiger partial charge in [-0.15, -0.1) is 0 Å². The molecule has 138 valence electrons. The van der Waals surface area contributed by atoms with E-state index in [0.29, 0.717) is 0 Å². The van der Waals surface area contributed by atoms with E-state index in [1.807, 2.05) is 6.07 Å². The van der Waals surface area contributed by atoms with Gasteiger partial charge >= 0.3 is 0 Å². The molecule has 4 heteroatoms. The molecule has 4 nitrogen and oxygen atoms in total. The molecule has 0 aliphatic carbocycles. The van der Waals surface area contributed by atoms with Crippen molar-refractivity contribution in [1.82, 2.24) is 0 Å². The average molecular weight is 354 g/mol. The van der Waals surface area contributed by atoms with Gasteiger partial charge in [0.25, 0.3) is 0 Å². The molecule has 0 heterocycles. The summed E-state index contributed by atoms with van der Waals surface area (Å²) < 4.78 is 17.9. The number of methoxy groups -OCH3 is 3. The van der Waals surface area contributed by atoms with E-state index in [1.54, 1.807) is 21.3 Å². The summed E-state index contributed by atoms with van der Waals surface area (Å²) in [7, 11) is 11.7. The molecule has 0 N–H and O–H groups in total. The summed E-state index contributed by atoms with van der Waals surface area (Å²) in [6.45, 7) is 1.05. The molecule has 0 bridgehead atoms. The van der Waals surface area contributed by atoms with E-state index >= 15 is 0 Å². The molecule has 3 rings (SSSR count). The van der Waals surface area contributed by atoms with E-state index in [9.17, 15) is 0 Å². The fourth-order valence-electron chi connectivity index (χ4n) is 3.46. The van der Waals surface area contributed by atoms with Gasteiger partial charge < -0.3 is 18.7 Å². The van der Waals surface area contributed by atoms with Gasteiger partial charge in [0.15, 0.2) is 11.5 Å². The fourth-order valence-corrected chi connectivity index (χ4v) is 3.46. The van der Waals surface area contributed by atoms with Gasteiger partial charge in [-0.25, -0.2) is 0 Å². The first-order valence-electron chi connectivity index (χ1n) is 8.83. The minimum atomic E-state index is 0.743. The number of ether oxygens (including phenoxy) is 3. The maximum atomic E-state index is 5.76. The van der Waals surface area contributed by atoms with Crippen molar-refractivity contribution in [3.63, 3.8) is 0 Å². The zero-order chi connectivity index (χ0) is 18.9. The number of quaternary nitrogens is 1. The Balaban J connectivity index is 2.38. The molecule has 0 amide bonds. The number of benzene rings is 3. The Morgan fingerprint density at radius 1 is 0.731 bits per heavy atom. The molecule has 3 aromatic rings. The van der Waals surface area contributed by atoms with Crippen LogP contribution in [0.3, 0.4) is 0 Å². The first kappa shape index (κ1) is 18.3. The van der Waals surface area contributed by atoms with E-state index in [0.717, 1.165) is 50.9 Å². The second kappa shape index (κ2) is 7.04. The van der Waals surface area contributed by atoms with Crippen LogP contribution in [-0.4, -0.2) is 53.5 Å². The van der Waals surface area contributed by atoms with Gasteiger partial charge in [-0.2, -0.15) is 0 Å². The van der Waals surface area contributed by atoms with E-state index in [-0.39, 0.29) is 0 Å². The summed E-state index contributed by atoms with van der Waals surface area (Å²) in [6, 6.07) is 12.5. The third-order valence-corrected chi connectivity index (χ3v) is 4.82. The number of hydrogen-bond donors (Lipinski definition) is 0. The Hall–Kier alpha value is -2.46. The van der Waals surface area contributed by atoms with Gasteiger partial charge in [-0.05, 0) is 23.1 Å². The first-order valence-corrected chi connectivity index (χ1v) is 8.83. The lowest BCUT2D eigenvalue weighted by Gasteiger charge is -2.24. The van der Waals surface area contributed by atoms with Crippen molar-refractivity contribution in [2.45, 2.75) is 6.42 Å². The molecule has 3 aromatic carbocycles. The highest BCUT2D eigenvalue weighted by molar-refractivity contribution is 6.14. The minimum Gasteiger partial charge on any atom is -0.496 e. The molecule has 0 saturated carbocycles. The Morgan fingerprint density at radius 3 is 2.00 bits per heavy atom. The molecule has 0 fully saturated rings. The van der Waals surface area contributed by atoms with Gasteiger partial charge in [0.2, 0.25) is 0 Å². The highest BCUT2D eigenvalue weighted by Gasteiger charge is 2.18. The molecule has 0 aliphatic rings. The summed E-state index contributed by atoms with van der Waals surface area (Å²) >= 11 is 0. The van der Waals surface area contributed by atoms with Crippen molar-refractivity contribution in [3.05, 3.63) is 42.0 Å². The van der Waals surface area contributed by atoms with Crippen molar-refractivity contribution in [2.75, 3.05) is 49.0 Å². The van der Waals surface area contributed by atoms with Crippen LogP contribution in [0.1, 0.15) is 5.56 Å². The minimum absolute atomic E-state index is 0.743. The first-order chi connectivity index (χ1) is 12.4. The van der Waals surface area contributed by atoms with Gasteiger partial charge in [0.1, 0.15) is 5.75 Å². The fraction of sp³-hybridized carbons (Fsp3) is 0.364. The number of hydrogen-bond acceptors (Lipinski definition) is 3. The average Bonchev–Trinajstić information content (AvgIpc) is 2.63. The molecule has 0 saturated heterocycles. The molecule has 0 unspecified atom stereocenters. The Bertz CT molecular complexity index is 942. The van der Waals surface area contributed by atoms with Gasteiger partial charge in [0, 0.05) is 22.6 Å². The number of fused-ring (bicyclic) bond motifs is 3. The number of nitrogens with zero attached hydrogens (tertiary/aromatic N) is 1. The maximum Gasteiger partial charge on any atom is 0.169 e. The summed E-state index contributed by atoms with van der Waals surface area (Å²) in [6.07, 6.45) is 0.976. The van der Waals surface area contributed by atoms with Gasteiger partial charge in [0.05, 0.1) is 49.0 Å². The second-order valence-electron chi connectivity index (χ2n) is 7.58. The van der Waals surface area contributed by atoms with Gasteiger partial charge in [-0.3, -0.25) is 0 Å². The standard InChI is InChI=1S/C22H28NO3/c1-23(2,3)14-13-16-8-11-18(24-4)17-10-7-15-9-12-19(25-5)22(26-6)21(15)20(16)17/h7-12H,13-14H2,1-6H3/q+1. The zero-order valence-electron chi connectivity index (χ0n) is 16.6. The summed E-state index contributed by atoms with van der Waals surface area (Å²) in [5.41, 5.74) is 1.30. The largest absolute Gasteiger partial charge is 0.496 e. The van der Waals surface area contributed by atoms with Crippen LogP contribution in [0, 0.1) is 0 Å². The molecule has 0 spiro atoms. The molecular formula is C22H28NO3+. The van der Waals surface area contributed by atoms with Crippen LogP contribution in [0.15, 0.2) is 36.4 Å². The maximum absolute atomic E-state index is 5.76. The van der Waals surface area contributed by atoms with Crippen LogP contribution in [0.5, 0.6) is 17.2 Å². The van der Waals surface area contributed by atoms with Crippen LogP contribution < -0.4 is 14.2 Å². The van der Waals surface area contributed by atoms with E-state index in [2.05, 4.69) is 51.5 Å². The van der Waals surface area contributed by atoms with Crippen molar-refractivity contribution in [3.8, 4) is 17.2 Å². The van der Waals surface area contributed by atoms with E-state index < -0.39 is 0 Å². The predicted molar refractivity (Wildman–Crippen MR) is 108 cm³/mol. The molecular weight excluding hydrogens is 326 g/mol. The lowest BCUT2D eigenvalue weighted by molar-refractivity contribution is -0.870. The van der Waals surface area contributed by atoms with Crippen LogP contribution in [-0.2, 0) is 6.42 Å². The molecule has 0 atom stereocenters. The zero-order valence-corrected chi connectivity index (χ0v) is 16.6. The number of rotatable bonds is 6. The van der Waals surface area contributed by atoms with Crippen LogP contribution in [0.2, 0.25) is 0 Å². The lowest BCUT2D eigenvalue weighted by Crippen LogP contribution is -2.36. The second-order valence-corrected chi connectivity index (χ2v) is 7.58. The highest BCUT2D eigenvalue weighted by Crippen LogP contribution is 2.43. The predicted octanol–water partition coefficient (Wildman–Crippen LogP) is 4.27. The normalized spacial score (nSPS) is 11.8. The topological polar surface area (TPSA) is 27.7 Å². The molecule has 0 radical (unpaired) electrons. The number of likely N-dealkylation sites (N-methyl/N-ethyl adjacent to an activating group) is 1. The van der Waals surface area contributed by atoms with Crippen molar-refractivity contribution in [2.24, 2.45) is 0 Å². The molecule has 26 heavy (non-hydrogen) atoms. The quantitative estimate of drug-likeness (QED) is 0.489. The monoisotopic (exact) mass is 354 g/mol. The summed E-state index contributed by atoms with van der Waals surface area (Å²) in [5, 5.41) is 4.51. The Kier molecular flexibility index (Phi) is 4.97. The van der Waals surface area contributed by atoms with Crippen molar-refractivity contribution >= 4 is 21.5 Å².